The molecule has 2 heterocycles. The van der Waals surface area contributed by atoms with Gasteiger partial charge in [0.2, 0.25) is 0 Å². The summed E-state index contributed by atoms with van der Waals surface area (Å²) in [5, 5.41) is 13.3. The molecule has 0 atom stereocenters. The monoisotopic (exact) mass is 281 g/mol. The average molecular weight is 282 g/mol. The standard InChI is InChI=1S/C14H20ClN3O/c1-5-11-13(15)12(14(17-11)16-8(2)3)9(4)18-6-10(19)7-18/h10,19H,2,5-7H2,1,3-4H3,(H,16,17)/b12-9+. The number of nitrogens with zero attached hydrogens (tertiary/aromatic N) is 2. The number of aliphatic imine (C=N–C) groups is 1. The van der Waals surface area contributed by atoms with Gasteiger partial charge in [-0.2, -0.15) is 0 Å². The number of hydrogen-bond acceptors (Lipinski definition) is 4. The predicted octanol–water partition coefficient (Wildman–Crippen LogP) is 2.33. The first kappa shape index (κ1) is 14.2. The van der Waals surface area contributed by atoms with Gasteiger partial charge in [-0.1, -0.05) is 25.1 Å². The van der Waals surface area contributed by atoms with Crippen molar-refractivity contribution < 1.29 is 5.11 Å². The van der Waals surface area contributed by atoms with Crippen LogP contribution in [0.1, 0.15) is 27.2 Å². The Hall–Kier alpha value is -1.26. The van der Waals surface area contributed by atoms with Crippen molar-refractivity contribution in [1.82, 2.24) is 10.2 Å². The van der Waals surface area contributed by atoms with Crippen LogP contribution in [0.3, 0.4) is 0 Å². The summed E-state index contributed by atoms with van der Waals surface area (Å²) in [5.74, 6) is 0.758. The molecule has 19 heavy (non-hydrogen) atoms. The molecule has 104 valence electrons. The summed E-state index contributed by atoms with van der Waals surface area (Å²) in [5.41, 5.74) is 3.69. The molecule has 2 aliphatic rings. The second-order valence-corrected chi connectivity index (χ2v) is 5.38. The maximum Gasteiger partial charge on any atom is 0.141 e. The Kier molecular flexibility index (Phi) is 4.02. The molecule has 2 N–H and O–H groups in total. The van der Waals surface area contributed by atoms with Gasteiger partial charge in [-0.15, -0.1) is 0 Å². The van der Waals surface area contributed by atoms with E-state index in [1.54, 1.807) is 0 Å². The summed E-state index contributed by atoms with van der Waals surface area (Å²) in [6.07, 6.45) is 0.555. The summed E-state index contributed by atoms with van der Waals surface area (Å²) in [6, 6.07) is 0. The highest BCUT2D eigenvalue weighted by Gasteiger charge is 2.31. The van der Waals surface area contributed by atoms with Crippen LogP contribution >= 0.6 is 11.6 Å². The normalized spacial score (nSPS) is 22.4. The molecule has 0 spiro atoms. The lowest BCUT2D eigenvalue weighted by atomic mass is 10.1. The van der Waals surface area contributed by atoms with E-state index >= 15 is 0 Å². The molecule has 2 aliphatic heterocycles. The first-order chi connectivity index (χ1) is 8.93. The predicted molar refractivity (Wildman–Crippen MR) is 78.8 cm³/mol. The van der Waals surface area contributed by atoms with E-state index in [1.807, 2.05) is 20.8 Å². The van der Waals surface area contributed by atoms with E-state index in [4.69, 9.17) is 11.6 Å². The number of hydrogen-bond donors (Lipinski definition) is 2. The maximum absolute atomic E-state index is 9.42. The minimum atomic E-state index is -0.236. The van der Waals surface area contributed by atoms with E-state index in [0.29, 0.717) is 18.1 Å². The lowest BCUT2D eigenvalue weighted by molar-refractivity contribution is 0.0245. The minimum Gasteiger partial charge on any atom is -0.389 e. The first-order valence-electron chi connectivity index (χ1n) is 6.48. The van der Waals surface area contributed by atoms with Gasteiger partial charge in [0, 0.05) is 24.5 Å². The second-order valence-electron chi connectivity index (χ2n) is 5.00. The summed E-state index contributed by atoms with van der Waals surface area (Å²) in [7, 11) is 0. The zero-order chi connectivity index (χ0) is 14.2. The Labute approximate surface area is 119 Å². The third-order valence-corrected chi connectivity index (χ3v) is 3.73. The van der Waals surface area contributed by atoms with Gasteiger partial charge in [0.1, 0.15) is 5.84 Å². The zero-order valence-electron chi connectivity index (χ0n) is 11.6. The van der Waals surface area contributed by atoms with Crippen molar-refractivity contribution in [2.45, 2.75) is 33.3 Å². The van der Waals surface area contributed by atoms with Crippen LogP contribution in [0.4, 0.5) is 0 Å². The van der Waals surface area contributed by atoms with Crippen LogP contribution in [-0.4, -0.2) is 35.0 Å². The summed E-state index contributed by atoms with van der Waals surface area (Å²) < 4.78 is 0. The van der Waals surface area contributed by atoms with Gasteiger partial charge in [-0.25, -0.2) is 4.99 Å². The molecule has 0 unspecified atom stereocenters. The highest BCUT2D eigenvalue weighted by atomic mass is 35.5. The fourth-order valence-corrected chi connectivity index (χ4v) is 2.63. The van der Waals surface area contributed by atoms with Gasteiger partial charge < -0.3 is 15.3 Å². The van der Waals surface area contributed by atoms with E-state index in [0.717, 1.165) is 34.9 Å². The molecule has 5 heteroatoms. The van der Waals surface area contributed by atoms with Gasteiger partial charge in [-0.05, 0) is 20.3 Å². The molecule has 0 saturated carbocycles. The van der Waals surface area contributed by atoms with E-state index in [9.17, 15) is 5.11 Å². The number of rotatable bonds is 3. The Morgan fingerprint density at radius 1 is 1.53 bits per heavy atom. The Balaban J connectivity index is 2.34. The van der Waals surface area contributed by atoms with Crippen molar-refractivity contribution >= 4 is 17.4 Å². The SMILES string of the molecule is C=C(C)NC1=NC(CC)=C(Cl)/C1=C(/C)N1CC(O)C1. The quantitative estimate of drug-likeness (QED) is 0.835. The first-order valence-corrected chi connectivity index (χ1v) is 6.86. The van der Waals surface area contributed by atoms with Crippen LogP contribution in [0.5, 0.6) is 0 Å². The Morgan fingerprint density at radius 3 is 2.63 bits per heavy atom. The highest BCUT2D eigenvalue weighted by molar-refractivity contribution is 6.37. The highest BCUT2D eigenvalue weighted by Crippen LogP contribution is 2.34. The molecule has 0 aromatic carbocycles. The number of β-amino-alcohol motifs (C(OH)–C–C–N with tert-alkyl or cyclic N) is 1. The molecule has 4 nitrogen and oxygen atoms in total. The molecule has 0 aliphatic carbocycles. The molecule has 0 radical (unpaired) electrons. The molecule has 1 fully saturated rings. The van der Waals surface area contributed by atoms with Gasteiger partial charge in [0.05, 0.1) is 22.4 Å². The second kappa shape index (κ2) is 5.39. The van der Waals surface area contributed by atoms with Crippen molar-refractivity contribution in [1.29, 1.82) is 0 Å². The van der Waals surface area contributed by atoms with Crippen molar-refractivity contribution in [2.24, 2.45) is 4.99 Å². The molecule has 0 bridgehead atoms. The number of likely N-dealkylation sites (tertiary alicyclic amines) is 1. The molecule has 0 aromatic heterocycles. The van der Waals surface area contributed by atoms with Gasteiger partial charge in [0.25, 0.3) is 0 Å². The number of nitrogens with one attached hydrogen (secondary N) is 1. The third-order valence-electron chi connectivity index (χ3n) is 3.32. The molecular weight excluding hydrogens is 262 g/mol. The fraction of sp³-hybridized carbons (Fsp3) is 0.500. The van der Waals surface area contributed by atoms with Crippen LogP contribution in [0, 0.1) is 0 Å². The fourth-order valence-electron chi connectivity index (χ4n) is 2.23. The molecular formula is C14H20ClN3O. The lowest BCUT2D eigenvalue weighted by Crippen LogP contribution is -2.50. The van der Waals surface area contributed by atoms with Crippen LogP contribution < -0.4 is 5.32 Å². The molecule has 0 aromatic rings. The van der Waals surface area contributed by atoms with Gasteiger partial charge in [0.15, 0.2) is 0 Å². The van der Waals surface area contributed by atoms with Crippen molar-refractivity contribution in [3.05, 3.63) is 34.3 Å². The van der Waals surface area contributed by atoms with Gasteiger partial charge in [-0.3, -0.25) is 0 Å². The zero-order valence-corrected chi connectivity index (χ0v) is 12.4. The molecule has 0 amide bonds. The number of amidine groups is 1. The summed E-state index contributed by atoms with van der Waals surface area (Å²) in [4.78, 5) is 6.64. The summed E-state index contributed by atoms with van der Waals surface area (Å²) >= 11 is 6.43. The van der Waals surface area contributed by atoms with Crippen LogP contribution in [0.15, 0.2) is 39.3 Å². The average Bonchev–Trinajstić information content (AvgIpc) is 2.60. The van der Waals surface area contributed by atoms with E-state index in [2.05, 4.69) is 21.8 Å². The number of aliphatic hydroxyl groups is 1. The smallest absolute Gasteiger partial charge is 0.141 e. The number of aliphatic hydroxyl groups excluding tert-OH is 1. The van der Waals surface area contributed by atoms with Crippen LogP contribution in [0.25, 0.3) is 0 Å². The van der Waals surface area contributed by atoms with Crippen molar-refractivity contribution in [3.8, 4) is 0 Å². The topological polar surface area (TPSA) is 47.9 Å². The van der Waals surface area contributed by atoms with Gasteiger partial charge >= 0.3 is 0 Å². The number of allylic oxidation sites excluding steroid dienone is 3. The minimum absolute atomic E-state index is 0.236. The van der Waals surface area contributed by atoms with Crippen LogP contribution in [-0.2, 0) is 0 Å². The van der Waals surface area contributed by atoms with E-state index in [1.165, 1.54) is 0 Å². The number of halogens is 1. The summed E-state index contributed by atoms with van der Waals surface area (Å²) in [6.45, 7) is 11.1. The van der Waals surface area contributed by atoms with Crippen molar-refractivity contribution in [2.75, 3.05) is 13.1 Å². The van der Waals surface area contributed by atoms with Crippen molar-refractivity contribution in [3.63, 3.8) is 0 Å². The maximum atomic E-state index is 9.42. The molecule has 2 rings (SSSR count). The molecule has 1 saturated heterocycles. The lowest BCUT2D eigenvalue weighted by Gasteiger charge is -2.39. The Morgan fingerprint density at radius 2 is 2.16 bits per heavy atom. The largest absolute Gasteiger partial charge is 0.389 e. The Bertz CT molecular complexity index is 499. The van der Waals surface area contributed by atoms with E-state index in [-0.39, 0.29) is 6.10 Å². The van der Waals surface area contributed by atoms with E-state index < -0.39 is 0 Å². The van der Waals surface area contributed by atoms with Crippen LogP contribution in [0.2, 0.25) is 0 Å². The third kappa shape index (κ3) is 2.69.